The molecule has 0 bridgehead atoms. The van der Waals surface area contributed by atoms with Crippen LogP contribution in [0.5, 0.6) is 0 Å². The fraction of sp³-hybridized carbons (Fsp3) is 0.286. The number of hydrogen-bond donors (Lipinski definition) is 2. The van der Waals surface area contributed by atoms with Crippen molar-refractivity contribution in [1.29, 1.82) is 0 Å². The lowest BCUT2D eigenvalue weighted by atomic mass is 9.99. The maximum absolute atomic E-state index is 12.1. The molecule has 0 radical (unpaired) electrons. The summed E-state index contributed by atoms with van der Waals surface area (Å²) in [6, 6.07) is 5.63. The second kappa shape index (κ2) is 5.82. The van der Waals surface area contributed by atoms with E-state index in [2.05, 4.69) is 10.3 Å². The molecular weight excluding hydrogens is 304 g/mol. The predicted octanol–water partition coefficient (Wildman–Crippen LogP) is 2.12. The Morgan fingerprint density at radius 3 is 2.82 bits per heavy atom. The number of nitro benzene ring substituents is 1. The number of benzene rings is 1. The van der Waals surface area contributed by atoms with Crippen molar-refractivity contribution in [3.8, 4) is 0 Å². The van der Waals surface area contributed by atoms with E-state index in [1.807, 2.05) is 0 Å². The van der Waals surface area contributed by atoms with Crippen molar-refractivity contribution in [3.63, 3.8) is 0 Å². The average molecular weight is 318 g/mol. The first kappa shape index (κ1) is 14.6. The molecule has 0 saturated carbocycles. The zero-order valence-corrected chi connectivity index (χ0v) is 12.4. The van der Waals surface area contributed by atoms with Gasteiger partial charge in [-0.2, -0.15) is 0 Å². The number of non-ortho nitro benzene ring substituents is 1. The molecule has 0 fully saturated rings. The predicted molar refractivity (Wildman–Crippen MR) is 83.2 cm³/mol. The van der Waals surface area contributed by atoms with Gasteiger partial charge in [0, 0.05) is 28.6 Å². The van der Waals surface area contributed by atoms with Crippen molar-refractivity contribution < 1.29 is 9.72 Å². The Labute approximate surface area is 130 Å². The van der Waals surface area contributed by atoms with E-state index in [4.69, 9.17) is 5.73 Å². The second-order valence-electron chi connectivity index (χ2n) is 5.15. The number of aryl methyl sites for hydroxylation is 1. The highest BCUT2D eigenvalue weighted by Gasteiger charge is 2.21. The van der Waals surface area contributed by atoms with Crippen LogP contribution >= 0.6 is 11.3 Å². The minimum absolute atomic E-state index is 0.0461. The van der Waals surface area contributed by atoms with Crippen LogP contribution in [0.15, 0.2) is 24.3 Å². The molecule has 1 aromatic carbocycles. The molecule has 0 aliphatic heterocycles. The van der Waals surface area contributed by atoms with Crippen LogP contribution in [0, 0.1) is 10.1 Å². The molecule has 3 N–H and O–H groups in total. The number of nitrogens with zero attached hydrogens (tertiary/aromatic N) is 2. The third-order valence-electron chi connectivity index (χ3n) is 3.54. The molecule has 1 aliphatic carbocycles. The summed E-state index contributed by atoms with van der Waals surface area (Å²) in [5, 5.41) is 13.9. The Kier molecular flexibility index (Phi) is 3.86. The number of carbonyl (C=O) groups excluding carboxylic acids is 1. The highest BCUT2D eigenvalue weighted by atomic mass is 32.1. The summed E-state index contributed by atoms with van der Waals surface area (Å²) in [4.78, 5) is 27.8. The van der Waals surface area contributed by atoms with E-state index >= 15 is 0 Å². The molecule has 0 unspecified atom stereocenters. The lowest BCUT2D eigenvalue weighted by Gasteiger charge is -2.15. The number of nitro groups is 1. The van der Waals surface area contributed by atoms with Crippen molar-refractivity contribution in [2.75, 3.05) is 5.32 Å². The van der Waals surface area contributed by atoms with Crippen molar-refractivity contribution in [2.24, 2.45) is 5.73 Å². The van der Waals surface area contributed by atoms with Gasteiger partial charge in [0.15, 0.2) is 5.13 Å². The Balaban J connectivity index is 1.73. The van der Waals surface area contributed by atoms with Gasteiger partial charge >= 0.3 is 0 Å². The molecule has 0 spiro atoms. The molecule has 3 rings (SSSR count). The molecule has 1 amide bonds. The Hall–Kier alpha value is -2.32. The van der Waals surface area contributed by atoms with Gasteiger partial charge in [0.1, 0.15) is 0 Å². The largest absolute Gasteiger partial charge is 0.327 e. The summed E-state index contributed by atoms with van der Waals surface area (Å²) in [6.45, 7) is 0. The fourth-order valence-corrected chi connectivity index (χ4v) is 3.45. The molecule has 22 heavy (non-hydrogen) atoms. The Morgan fingerprint density at radius 1 is 1.41 bits per heavy atom. The Morgan fingerprint density at radius 2 is 2.14 bits per heavy atom. The van der Waals surface area contributed by atoms with E-state index in [9.17, 15) is 14.9 Å². The number of amides is 1. The van der Waals surface area contributed by atoms with Crippen LogP contribution in [0.3, 0.4) is 0 Å². The maximum Gasteiger partial charge on any atom is 0.269 e. The zero-order chi connectivity index (χ0) is 15.7. The second-order valence-corrected chi connectivity index (χ2v) is 6.23. The lowest BCUT2D eigenvalue weighted by Crippen LogP contribution is -2.27. The first-order chi connectivity index (χ1) is 10.5. The number of nitrogens with two attached hydrogens (primary N) is 1. The number of rotatable bonds is 3. The third kappa shape index (κ3) is 2.97. The van der Waals surface area contributed by atoms with Gasteiger partial charge < -0.3 is 5.73 Å². The molecule has 1 aliphatic rings. The van der Waals surface area contributed by atoms with Crippen LogP contribution in [0.2, 0.25) is 0 Å². The van der Waals surface area contributed by atoms with Gasteiger partial charge in [-0.15, -0.1) is 11.3 Å². The number of fused-ring (bicyclic) bond motifs is 1. The lowest BCUT2D eigenvalue weighted by molar-refractivity contribution is -0.384. The number of hydrogen-bond acceptors (Lipinski definition) is 6. The van der Waals surface area contributed by atoms with Gasteiger partial charge in [-0.3, -0.25) is 20.2 Å². The number of anilines is 1. The quantitative estimate of drug-likeness (QED) is 0.665. The first-order valence-corrected chi connectivity index (χ1v) is 7.64. The third-order valence-corrected chi connectivity index (χ3v) is 4.57. The van der Waals surface area contributed by atoms with Crippen molar-refractivity contribution in [2.45, 2.75) is 25.3 Å². The molecule has 1 atom stereocenters. The molecule has 2 aromatic rings. The summed E-state index contributed by atoms with van der Waals surface area (Å²) in [5.74, 6) is -0.328. The molecule has 114 valence electrons. The van der Waals surface area contributed by atoms with Crippen LogP contribution < -0.4 is 11.1 Å². The first-order valence-electron chi connectivity index (χ1n) is 6.83. The summed E-state index contributed by atoms with van der Waals surface area (Å²) in [7, 11) is 0. The number of thiazole rings is 1. The van der Waals surface area contributed by atoms with Gasteiger partial charge in [0.25, 0.3) is 11.6 Å². The average Bonchev–Trinajstić information content (AvgIpc) is 2.88. The van der Waals surface area contributed by atoms with E-state index in [-0.39, 0.29) is 17.6 Å². The van der Waals surface area contributed by atoms with Crippen LogP contribution in [-0.4, -0.2) is 21.9 Å². The summed E-state index contributed by atoms with van der Waals surface area (Å²) in [6.07, 6.45) is 2.53. The Bertz CT molecular complexity index is 726. The SMILES string of the molecule is N[C@H]1CCc2nc(NC(=O)c3ccc([N+](=O)[O-])cc3)sc2C1. The van der Waals surface area contributed by atoms with E-state index in [0.29, 0.717) is 10.7 Å². The summed E-state index contributed by atoms with van der Waals surface area (Å²) < 4.78 is 0. The fourth-order valence-electron chi connectivity index (χ4n) is 2.36. The van der Waals surface area contributed by atoms with Gasteiger partial charge in [-0.1, -0.05) is 0 Å². The van der Waals surface area contributed by atoms with E-state index < -0.39 is 4.92 Å². The number of nitrogens with one attached hydrogen (secondary N) is 1. The molecule has 7 nitrogen and oxygen atoms in total. The molecular formula is C14H14N4O3S. The molecule has 0 saturated heterocycles. The van der Waals surface area contributed by atoms with Gasteiger partial charge in [-0.25, -0.2) is 4.98 Å². The molecule has 8 heteroatoms. The van der Waals surface area contributed by atoms with Crippen LogP contribution in [-0.2, 0) is 12.8 Å². The van der Waals surface area contributed by atoms with Crippen molar-refractivity contribution in [3.05, 3.63) is 50.5 Å². The van der Waals surface area contributed by atoms with Crippen molar-refractivity contribution >= 4 is 28.1 Å². The van der Waals surface area contributed by atoms with Crippen LogP contribution in [0.25, 0.3) is 0 Å². The maximum atomic E-state index is 12.1. The zero-order valence-electron chi connectivity index (χ0n) is 11.6. The van der Waals surface area contributed by atoms with Gasteiger partial charge in [0.2, 0.25) is 0 Å². The summed E-state index contributed by atoms with van der Waals surface area (Å²) in [5.41, 5.74) is 7.24. The standard InChI is InChI=1S/C14H14N4O3S/c15-9-3-6-11-12(7-9)22-14(16-11)17-13(19)8-1-4-10(5-2-8)18(20)21/h1-2,4-5,9H,3,6-7,15H2,(H,16,17,19)/t9-/m0/s1. The van der Waals surface area contributed by atoms with E-state index in [1.54, 1.807) is 0 Å². The van der Waals surface area contributed by atoms with E-state index in [1.165, 1.54) is 35.6 Å². The summed E-state index contributed by atoms with van der Waals surface area (Å²) >= 11 is 1.44. The minimum Gasteiger partial charge on any atom is -0.327 e. The van der Waals surface area contributed by atoms with Gasteiger partial charge in [-0.05, 0) is 31.4 Å². The smallest absolute Gasteiger partial charge is 0.269 e. The number of carbonyl (C=O) groups is 1. The monoisotopic (exact) mass is 318 g/mol. The number of aromatic nitrogens is 1. The minimum atomic E-state index is -0.500. The van der Waals surface area contributed by atoms with Crippen LogP contribution in [0.4, 0.5) is 10.8 Å². The van der Waals surface area contributed by atoms with E-state index in [0.717, 1.165) is 29.8 Å². The topological polar surface area (TPSA) is 111 Å². The molecule has 1 aromatic heterocycles. The normalized spacial score (nSPS) is 16.9. The highest BCUT2D eigenvalue weighted by Crippen LogP contribution is 2.29. The van der Waals surface area contributed by atoms with Gasteiger partial charge in [0.05, 0.1) is 10.6 Å². The van der Waals surface area contributed by atoms with Crippen LogP contribution in [0.1, 0.15) is 27.3 Å². The molecule has 1 heterocycles. The highest BCUT2D eigenvalue weighted by molar-refractivity contribution is 7.15. The van der Waals surface area contributed by atoms with Crippen molar-refractivity contribution in [1.82, 2.24) is 4.98 Å².